The van der Waals surface area contributed by atoms with Crippen LogP contribution in [0.1, 0.15) is 22.6 Å². The number of aromatic amines is 1. The van der Waals surface area contributed by atoms with Crippen molar-refractivity contribution in [3.05, 3.63) is 53.1 Å². The molecule has 0 aliphatic rings. The van der Waals surface area contributed by atoms with E-state index in [2.05, 4.69) is 19.9 Å². The lowest BCUT2D eigenvalue weighted by atomic mass is 10.1. The SMILES string of the molecule is Cc1ncc(CO)c(C=NCCc2nc3ccccc3[nH]2)c1O. The number of benzene rings is 1. The topological polar surface area (TPSA) is 94.4 Å². The van der Waals surface area contributed by atoms with Crippen LogP contribution in [0.4, 0.5) is 0 Å². The third-order valence-corrected chi connectivity index (χ3v) is 3.66. The number of imidazole rings is 1. The van der Waals surface area contributed by atoms with E-state index in [0.29, 0.717) is 29.8 Å². The molecule has 6 nitrogen and oxygen atoms in total. The number of nitrogens with zero attached hydrogens (tertiary/aromatic N) is 3. The largest absolute Gasteiger partial charge is 0.505 e. The maximum Gasteiger partial charge on any atom is 0.145 e. The molecule has 0 radical (unpaired) electrons. The maximum absolute atomic E-state index is 10.0. The molecule has 6 heteroatoms. The van der Waals surface area contributed by atoms with E-state index in [4.69, 9.17) is 0 Å². The van der Waals surface area contributed by atoms with E-state index in [0.717, 1.165) is 16.9 Å². The molecule has 3 aromatic rings. The van der Waals surface area contributed by atoms with Crippen LogP contribution in [0.5, 0.6) is 5.75 Å². The van der Waals surface area contributed by atoms with E-state index in [1.807, 2.05) is 24.3 Å². The van der Waals surface area contributed by atoms with Crippen LogP contribution in [0, 0.1) is 6.92 Å². The average molecular weight is 310 g/mol. The van der Waals surface area contributed by atoms with Crippen LogP contribution in [0.25, 0.3) is 11.0 Å². The average Bonchev–Trinajstić information content (AvgIpc) is 2.98. The van der Waals surface area contributed by atoms with E-state index in [1.54, 1.807) is 19.3 Å². The highest BCUT2D eigenvalue weighted by molar-refractivity contribution is 5.85. The van der Waals surface area contributed by atoms with Gasteiger partial charge in [-0.15, -0.1) is 0 Å². The number of H-pyrrole nitrogens is 1. The number of aliphatic hydroxyl groups excluding tert-OH is 1. The third kappa shape index (κ3) is 3.22. The number of aromatic nitrogens is 3. The summed E-state index contributed by atoms with van der Waals surface area (Å²) >= 11 is 0. The normalized spacial score (nSPS) is 11.6. The Hall–Kier alpha value is -2.73. The molecule has 0 amide bonds. The van der Waals surface area contributed by atoms with Gasteiger partial charge in [0.05, 0.1) is 23.3 Å². The molecular formula is C17H18N4O2. The first-order chi connectivity index (χ1) is 11.2. The molecular weight excluding hydrogens is 292 g/mol. The molecule has 3 N–H and O–H groups in total. The molecule has 0 aliphatic carbocycles. The first-order valence-corrected chi connectivity index (χ1v) is 7.41. The van der Waals surface area contributed by atoms with Crippen LogP contribution < -0.4 is 0 Å². The van der Waals surface area contributed by atoms with Crippen LogP contribution in [0.2, 0.25) is 0 Å². The summed E-state index contributed by atoms with van der Waals surface area (Å²) in [4.78, 5) is 16.1. The highest BCUT2D eigenvalue weighted by atomic mass is 16.3. The molecule has 0 saturated carbocycles. The summed E-state index contributed by atoms with van der Waals surface area (Å²) in [6.07, 6.45) is 3.80. The molecule has 0 saturated heterocycles. The second-order valence-electron chi connectivity index (χ2n) is 5.28. The van der Waals surface area contributed by atoms with Gasteiger partial charge in [0.15, 0.2) is 0 Å². The van der Waals surface area contributed by atoms with Crippen molar-refractivity contribution in [3.8, 4) is 5.75 Å². The monoisotopic (exact) mass is 310 g/mol. The summed E-state index contributed by atoms with van der Waals surface area (Å²) in [6, 6.07) is 7.87. The summed E-state index contributed by atoms with van der Waals surface area (Å²) in [6.45, 7) is 2.06. The van der Waals surface area contributed by atoms with Crippen LogP contribution in [0.15, 0.2) is 35.5 Å². The Kier molecular flexibility index (Phi) is 4.34. The molecule has 1 aromatic carbocycles. The molecule has 0 atom stereocenters. The Morgan fingerprint density at radius 3 is 2.91 bits per heavy atom. The number of aryl methyl sites for hydroxylation is 1. The number of hydrogen-bond acceptors (Lipinski definition) is 5. The van der Waals surface area contributed by atoms with Crippen molar-refractivity contribution in [1.29, 1.82) is 0 Å². The second-order valence-corrected chi connectivity index (χ2v) is 5.28. The minimum absolute atomic E-state index is 0.0593. The Labute approximate surface area is 133 Å². The summed E-state index contributed by atoms with van der Waals surface area (Å²) in [5.74, 6) is 0.935. The predicted octanol–water partition coefficient (Wildman–Crippen LogP) is 2.13. The van der Waals surface area contributed by atoms with Gasteiger partial charge >= 0.3 is 0 Å². The molecule has 3 rings (SSSR count). The molecule has 2 heterocycles. The van der Waals surface area contributed by atoms with Crippen LogP contribution in [-0.4, -0.2) is 37.9 Å². The van der Waals surface area contributed by atoms with Crippen LogP contribution in [-0.2, 0) is 13.0 Å². The zero-order valence-corrected chi connectivity index (χ0v) is 12.8. The summed E-state index contributed by atoms with van der Waals surface area (Å²) in [5, 5.41) is 19.4. The van der Waals surface area contributed by atoms with Gasteiger partial charge < -0.3 is 15.2 Å². The lowest BCUT2D eigenvalue weighted by Gasteiger charge is -2.06. The zero-order chi connectivity index (χ0) is 16.2. The number of aliphatic imine (C=N–C) groups is 1. The lowest BCUT2D eigenvalue weighted by molar-refractivity contribution is 0.280. The molecule has 118 valence electrons. The van der Waals surface area contributed by atoms with Crippen LogP contribution in [0.3, 0.4) is 0 Å². The lowest BCUT2D eigenvalue weighted by Crippen LogP contribution is -1.99. The van der Waals surface area contributed by atoms with Crippen LogP contribution >= 0.6 is 0 Å². The van der Waals surface area contributed by atoms with Crippen molar-refractivity contribution in [2.75, 3.05) is 6.54 Å². The molecule has 23 heavy (non-hydrogen) atoms. The fourth-order valence-corrected chi connectivity index (χ4v) is 2.37. The van der Waals surface area contributed by atoms with Crippen molar-refractivity contribution in [2.45, 2.75) is 20.0 Å². The molecule has 0 aliphatic heterocycles. The van der Waals surface area contributed by atoms with E-state index < -0.39 is 0 Å². The van der Waals surface area contributed by atoms with Crippen molar-refractivity contribution >= 4 is 17.2 Å². The number of fused-ring (bicyclic) bond motifs is 1. The number of rotatable bonds is 5. The minimum atomic E-state index is -0.189. The first-order valence-electron chi connectivity index (χ1n) is 7.41. The number of para-hydroxylation sites is 2. The van der Waals surface area contributed by atoms with Gasteiger partial charge in [0.1, 0.15) is 11.6 Å². The first kappa shape index (κ1) is 15.2. The second kappa shape index (κ2) is 6.58. The Morgan fingerprint density at radius 2 is 2.13 bits per heavy atom. The maximum atomic E-state index is 10.0. The van der Waals surface area contributed by atoms with E-state index in [9.17, 15) is 10.2 Å². The van der Waals surface area contributed by atoms with E-state index >= 15 is 0 Å². The Morgan fingerprint density at radius 1 is 1.30 bits per heavy atom. The highest BCUT2D eigenvalue weighted by Gasteiger charge is 2.09. The van der Waals surface area contributed by atoms with Gasteiger partial charge in [0.25, 0.3) is 0 Å². The molecule has 0 spiro atoms. The van der Waals surface area contributed by atoms with Crippen molar-refractivity contribution < 1.29 is 10.2 Å². The van der Waals surface area contributed by atoms with Crippen molar-refractivity contribution in [1.82, 2.24) is 15.0 Å². The van der Waals surface area contributed by atoms with Gasteiger partial charge in [-0.25, -0.2) is 4.98 Å². The number of aliphatic hydroxyl groups is 1. The summed E-state index contributed by atoms with van der Waals surface area (Å²) in [5.41, 5.74) is 3.54. The number of pyridine rings is 1. The standard InChI is InChI=1S/C17H18N4O2/c1-11-17(23)13(12(10-22)8-19-11)9-18-7-6-16-20-14-4-2-3-5-15(14)21-16/h2-5,8-9,22-23H,6-7,10H2,1H3,(H,20,21). The molecule has 2 aromatic heterocycles. The van der Waals surface area contributed by atoms with Gasteiger partial charge in [0, 0.05) is 36.5 Å². The fraction of sp³-hybridized carbons (Fsp3) is 0.235. The van der Waals surface area contributed by atoms with Gasteiger partial charge in [0.2, 0.25) is 0 Å². The summed E-state index contributed by atoms with van der Waals surface area (Å²) in [7, 11) is 0. The van der Waals surface area contributed by atoms with Gasteiger partial charge in [-0.2, -0.15) is 0 Å². The Balaban J connectivity index is 1.71. The van der Waals surface area contributed by atoms with Crippen molar-refractivity contribution in [2.24, 2.45) is 4.99 Å². The number of hydrogen-bond donors (Lipinski definition) is 3. The smallest absolute Gasteiger partial charge is 0.145 e. The predicted molar refractivity (Wildman–Crippen MR) is 88.8 cm³/mol. The van der Waals surface area contributed by atoms with Gasteiger partial charge in [-0.3, -0.25) is 9.98 Å². The van der Waals surface area contributed by atoms with Gasteiger partial charge in [-0.1, -0.05) is 12.1 Å². The molecule has 0 bridgehead atoms. The van der Waals surface area contributed by atoms with E-state index in [-0.39, 0.29) is 12.4 Å². The van der Waals surface area contributed by atoms with Gasteiger partial charge in [-0.05, 0) is 19.1 Å². The Bertz CT molecular complexity index is 822. The fourth-order valence-electron chi connectivity index (χ4n) is 2.37. The third-order valence-electron chi connectivity index (χ3n) is 3.66. The minimum Gasteiger partial charge on any atom is -0.505 e. The van der Waals surface area contributed by atoms with Crippen molar-refractivity contribution in [3.63, 3.8) is 0 Å². The molecule has 0 fully saturated rings. The zero-order valence-electron chi connectivity index (χ0n) is 12.8. The summed E-state index contributed by atoms with van der Waals surface area (Å²) < 4.78 is 0. The number of nitrogens with one attached hydrogen (secondary N) is 1. The van der Waals surface area contributed by atoms with E-state index in [1.165, 1.54) is 0 Å². The highest BCUT2D eigenvalue weighted by Crippen LogP contribution is 2.21. The quantitative estimate of drug-likeness (QED) is 0.629. The number of aromatic hydroxyl groups is 1. The molecule has 0 unspecified atom stereocenters.